The van der Waals surface area contributed by atoms with Gasteiger partial charge in [-0.05, 0) is 87.9 Å². The topological polar surface area (TPSA) is 113 Å². The van der Waals surface area contributed by atoms with Crippen molar-refractivity contribution in [1.29, 1.82) is 0 Å². The summed E-state index contributed by atoms with van der Waals surface area (Å²) in [7, 11) is -4.16. The smallest absolute Gasteiger partial charge is 0.266 e. The summed E-state index contributed by atoms with van der Waals surface area (Å²) in [6.07, 6.45) is 4.56. The molecule has 0 aromatic heterocycles. The van der Waals surface area contributed by atoms with Crippen LogP contribution in [0.25, 0.3) is 6.08 Å². The van der Waals surface area contributed by atoms with E-state index in [1.165, 1.54) is 0 Å². The predicted octanol–water partition coefficient (Wildman–Crippen LogP) is 6.89. The first-order valence-electron chi connectivity index (χ1n) is 13.0. The average molecular weight is 709 g/mol. The van der Waals surface area contributed by atoms with Crippen molar-refractivity contribution >= 4 is 67.9 Å². The van der Waals surface area contributed by atoms with E-state index in [-0.39, 0.29) is 17.9 Å². The van der Waals surface area contributed by atoms with E-state index in [0.717, 1.165) is 25.8 Å². The maximum absolute atomic E-state index is 13.7. The quantitative estimate of drug-likeness (QED) is 0.157. The SMILES string of the molecule is Cc1cc(NC(=O)C(Cc2ccc(C(=O)NCCS(=O)(=O)O)cc2)c2ccc(/C=C/C(C)(C)C)cc2)c(Cl)cc1I. The van der Waals surface area contributed by atoms with Crippen molar-refractivity contribution in [2.45, 2.75) is 40.0 Å². The Morgan fingerprint density at radius 2 is 1.68 bits per heavy atom. The van der Waals surface area contributed by atoms with Gasteiger partial charge in [-0.15, -0.1) is 0 Å². The van der Waals surface area contributed by atoms with Crippen LogP contribution in [0.2, 0.25) is 5.02 Å². The van der Waals surface area contributed by atoms with Gasteiger partial charge < -0.3 is 10.6 Å². The lowest BCUT2D eigenvalue weighted by Crippen LogP contribution is -2.28. The molecule has 218 valence electrons. The summed E-state index contributed by atoms with van der Waals surface area (Å²) in [6, 6.07) is 18.3. The molecule has 2 amide bonds. The van der Waals surface area contributed by atoms with Crippen molar-refractivity contribution in [3.8, 4) is 0 Å². The van der Waals surface area contributed by atoms with Crippen molar-refractivity contribution in [3.63, 3.8) is 0 Å². The number of hydrogen-bond donors (Lipinski definition) is 3. The van der Waals surface area contributed by atoms with Gasteiger partial charge in [0.05, 0.1) is 22.4 Å². The lowest BCUT2D eigenvalue weighted by Gasteiger charge is -2.19. The van der Waals surface area contributed by atoms with Crippen molar-refractivity contribution < 1.29 is 22.6 Å². The van der Waals surface area contributed by atoms with Crippen molar-refractivity contribution in [2.24, 2.45) is 5.41 Å². The van der Waals surface area contributed by atoms with Crippen LogP contribution in [0.1, 0.15) is 59.3 Å². The Kier molecular flexibility index (Phi) is 11.2. The number of benzene rings is 3. The van der Waals surface area contributed by atoms with Gasteiger partial charge in [-0.25, -0.2) is 0 Å². The minimum Gasteiger partial charge on any atom is -0.351 e. The van der Waals surface area contributed by atoms with E-state index >= 15 is 0 Å². The van der Waals surface area contributed by atoms with Gasteiger partial charge in [-0.2, -0.15) is 8.42 Å². The minimum absolute atomic E-state index is 0.0472. The third-order valence-electron chi connectivity index (χ3n) is 6.24. The molecule has 3 rings (SSSR count). The molecular weight excluding hydrogens is 675 g/mol. The second-order valence-corrected chi connectivity index (χ2v) is 14.1. The van der Waals surface area contributed by atoms with Crippen molar-refractivity contribution in [3.05, 3.63) is 103 Å². The zero-order valence-electron chi connectivity index (χ0n) is 23.4. The molecule has 0 bridgehead atoms. The molecule has 3 aromatic carbocycles. The monoisotopic (exact) mass is 708 g/mol. The number of amides is 2. The molecule has 0 aliphatic rings. The number of rotatable bonds is 10. The molecule has 0 saturated carbocycles. The van der Waals surface area contributed by atoms with Gasteiger partial charge in [0.25, 0.3) is 16.0 Å². The molecule has 0 spiro atoms. The molecule has 10 heteroatoms. The summed E-state index contributed by atoms with van der Waals surface area (Å²) in [4.78, 5) is 26.0. The largest absolute Gasteiger partial charge is 0.351 e. The molecule has 1 atom stereocenters. The van der Waals surface area contributed by atoms with Crippen LogP contribution < -0.4 is 10.6 Å². The highest BCUT2D eigenvalue weighted by molar-refractivity contribution is 14.1. The lowest BCUT2D eigenvalue weighted by molar-refractivity contribution is -0.117. The number of anilines is 1. The van der Waals surface area contributed by atoms with Gasteiger partial charge in [-0.3, -0.25) is 14.1 Å². The van der Waals surface area contributed by atoms with E-state index in [1.807, 2.05) is 43.3 Å². The van der Waals surface area contributed by atoms with Crippen LogP contribution >= 0.6 is 34.2 Å². The summed E-state index contributed by atoms with van der Waals surface area (Å²) >= 11 is 8.65. The minimum atomic E-state index is -4.16. The van der Waals surface area contributed by atoms with E-state index in [0.29, 0.717) is 22.7 Å². The molecule has 0 radical (unpaired) electrons. The summed E-state index contributed by atoms with van der Waals surface area (Å²) in [5.41, 5.74) is 4.63. The normalized spacial score (nSPS) is 12.8. The van der Waals surface area contributed by atoms with Crippen LogP contribution in [0.5, 0.6) is 0 Å². The standard InChI is InChI=1S/C31H34ClIN2O5S/c1-20-17-28(26(32)19-27(20)33)35-30(37)25(23-9-5-21(6-10-23)13-14-31(2,3)4)18-22-7-11-24(12-8-22)29(36)34-15-16-41(38,39)40/h5-14,17,19,25H,15-16,18H2,1-4H3,(H,34,36)(H,35,37)(H,38,39,40)/b14-13+. The van der Waals surface area contributed by atoms with Crippen LogP contribution in [0.15, 0.2) is 66.7 Å². The van der Waals surface area contributed by atoms with E-state index in [1.54, 1.807) is 24.3 Å². The maximum Gasteiger partial charge on any atom is 0.266 e. The fourth-order valence-corrected chi connectivity index (χ4v) is 5.17. The highest BCUT2D eigenvalue weighted by Gasteiger charge is 2.23. The van der Waals surface area contributed by atoms with E-state index in [9.17, 15) is 18.0 Å². The Balaban J connectivity index is 1.84. The predicted molar refractivity (Wildman–Crippen MR) is 174 cm³/mol. The first-order chi connectivity index (χ1) is 19.1. The number of carbonyl (C=O) groups excluding carboxylic acids is 2. The van der Waals surface area contributed by atoms with Gasteiger partial charge in [-0.1, -0.05) is 80.9 Å². The van der Waals surface area contributed by atoms with Crippen molar-refractivity contribution in [1.82, 2.24) is 5.32 Å². The Morgan fingerprint density at radius 3 is 2.27 bits per heavy atom. The fraction of sp³-hybridized carbons (Fsp3) is 0.290. The van der Waals surface area contributed by atoms with Gasteiger partial charge in [0.2, 0.25) is 5.91 Å². The highest BCUT2D eigenvalue weighted by Crippen LogP contribution is 2.30. The van der Waals surface area contributed by atoms with Crippen LogP contribution in [0.3, 0.4) is 0 Å². The third kappa shape index (κ3) is 10.6. The first-order valence-corrected chi connectivity index (χ1v) is 16.1. The van der Waals surface area contributed by atoms with Crippen LogP contribution in [0.4, 0.5) is 5.69 Å². The van der Waals surface area contributed by atoms with Gasteiger partial charge in [0.15, 0.2) is 0 Å². The summed E-state index contributed by atoms with van der Waals surface area (Å²) in [5, 5.41) is 5.92. The summed E-state index contributed by atoms with van der Waals surface area (Å²) in [5.74, 6) is -1.78. The fourth-order valence-electron chi connectivity index (χ4n) is 3.94. The molecule has 3 N–H and O–H groups in total. The van der Waals surface area contributed by atoms with E-state index < -0.39 is 27.7 Å². The molecule has 0 fully saturated rings. The Hall–Kier alpha value is -2.73. The molecule has 1 unspecified atom stereocenters. The van der Waals surface area contributed by atoms with E-state index in [4.69, 9.17) is 16.2 Å². The molecular formula is C31H34ClIN2O5S. The van der Waals surface area contributed by atoms with Crippen LogP contribution in [-0.4, -0.2) is 37.1 Å². The Morgan fingerprint density at radius 1 is 1.05 bits per heavy atom. The number of aryl methyl sites for hydroxylation is 1. The molecule has 7 nitrogen and oxygen atoms in total. The van der Waals surface area contributed by atoms with Crippen LogP contribution in [-0.2, 0) is 21.3 Å². The average Bonchev–Trinajstić information content (AvgIpc) is 2.88. The number of nitrogens with one attached hydrogen (secondary N) is 2. The summed E-state index contributed by atoms with van der Waals surface area (Å²) in [6.45, 7) is 8.14. The maximum atomic E-state index is 13.7. The number of carbonyl (C=O) groups is 2. The van der Waals surface area contributed by atoms with Crippen LogP contribution in [0, 0.1) is 15.9 Å². The molecule has 0 aliphatic heterocycles. The second-order valence-electron chi connectivity index (χ2n) is 10.9. The molecule has 0 saturated heterocycles. The Bertz CT molecular complexity index is 1530. The van der Waals surface area contributed by atoms with Gasteiger partial charge >= 0.3 is 0 Å². The molecule has 0 aliphatic carbocycles. The first kappa shape index (κ1) is 32.8. The molecule has 0 heterocycles. The number of allylic oxidation sites excluding steroid dienone is 1. The number of halogens is 2. The number of hydrogen-bond acceptors (Lipinski definition) is 4. The third-order valence-corrected chi connectivity index (χ3v) is 8.43. The zero-order chi connectivity index (χ0) is 30.4. The Labute approximate surface area is 260 Å². The highest BCUT2D eigenvalue weighted by atomic mass is 127. The molecule has 3 aromatic rings. The second kappa shape index (κ2) is 14.0. The summed E-state index contributed by atoms with van der Waals surface area (Å²) < 4.78 is 31.6. The molecule has 41 heavy (non-hydrogen) atoms. The van der Waals surface area contributed by atoms with Gasteiger partial charge in [0.1, 0.15) is 0 Å². The van der Waals surface area contributed by atoms with E-state index in [2.05, 4.69) is 66.1 Å². The zero-order valence-corrected chi connectivity index (χ0v) is 27.1. The lowest BCUT2D eigenvalue weighted by atomic mass is 9.89. The van der Waals surface area contributed by atoms with Crippen molar-refractivity contribution in [2.75, 3.05) is 17.6 Å². The van der Waals surface area contributed by atoms with Gasteiger partial charge in [0, 0.05) is 15.7 Å².